The van der Waals surface area contributed by atoms with Gasteiger partial charge >= 0.3 is 6.03 Å². The average Bonchev–Trinajstić information content (AvgIpc) is 1.63. The van der Waals surface area contributed by atoms with E-state index in [1.165, 1.54) is 0 Å². The molecule has 0 aliphatic rings. The number of carbonyl (C=O) groups excluding carboxylic acids is 1. The van der Waals surface area contributed by atoms with Crippen molar-refractivity contribution in [2.24, 2.45) is 5.73 Å². The summed E-state index contributed by atoms with van der Waals surface area (Å²) in [6.45, 7) is 1.44. The van der Waals surface area contributed by atoms with Gasteiger partial charge in [-0.25, -0.2) is 4.79 Å². The van der Waals surface area contributed by atoms with Crippen LogP contribution in [0.3, 0.4) is 0 Å². The maximum Gasteiger partial charge on any atom is 0.312 e. The van der Waals surface area contributed by atoms with Crippen molar-refractivity contribution in [1.29, 1.82) is 0 Å². The Morgan fingerprint density at radius 3 is 2.67 bits per heavy atom. The molecule has 0 aliphatic carbocycles. The zero-order valence-electron chi connectivity index (χ0n) is 5.85. The minimum atomic E-state index is -0.461. The van der Waals surface area contributed by atoms with E-state index in [0.717, 1.165) is 6.54 Å². The van der Waals surface area contributed by atoms with Crippen LogP contribution in [0.25, 0.3) is 0 Å². The van der Waals surface area contributed by atoms with Crippen LogP contribution in [0.4, 0.5) is 4.79 Å². The molecular formula is C5H17N3O. The van der Waals surface area contributed by atoms with Crippen molar-refractivity contribution in [1.82, 2.24) is 10.2 Å². The Hall–Kier alpha value is -0.770. The summed E-state index contributed by atoms with van der Waals surface area (Å²) >= 11 is 0. The fourth-order valence-corrected chi connectivity index (χ4v) is 0.403. The summed E-state index contributed by atoms with van der Waals surface area (Å²) in [4.78, 5) is 12.0. The molecule has 0 atom stereocenters. The van der Waals surface area contributed by atoms with E-state index < -0.39 is 6.03 Å². The molecule has 0 heterocycles. The summed E-state index contributed by atoms with van der Waals surface area (Å²) in [5, 5.41) is 2.47. The molecule has 4 nitrogen and oxygen atoms in total. The van der Waals surface area contributed by atoms with Crippen LogP contribution in [0.2, 0.25) is 0 Å². The zero-order chi connectivity index (χ0) is 7.28. The van der Waals surface area contributed by atoms with Gasteiger partial charge in [0.15, 0.2) is 0 Å². The molecule has 0 aromatic rings. The van der Waals surface area contributed by atoms with Crippen molar-refractivity contribution in [2.75, 3.05) is 27.2 Å². The third-order valence-electron chi connectivity index (χ3n) is 0.858. The van der Waals surface area contributed by atoms with Gasteiger partial charge in [0.1, 0.15) is 0 Å². The fourth-order valence-electron chi connectivity index (χ4n) is 0.403. The molecule has 0 aromatic heterocycles. The molecule has 2 amide bonds. The quantitative estimate of drug-likeness (QED) is 0.558. The van der Waals surface area contributed by atoms with Gasteiger partial charge < -0.3 is 16.0 Å². The summed E-state index contributed by atoms with van der Waals surface area (Å²) in [7, 11) is 3.87. The van der Waals surface area contributed by atoms with Gasteiger partial charge in [-0.2, -0.15) is 0 Å². The smallest absolute Gasteiger partial charge is 0.312 e. The average molecular weight is 135 g/mol. The van der Waals surface area contributed by atoms with Crippen LogP contribution in [-0.2, 0) is 0 Å². The lowest BCUT2D eigenvalue weighted by molar-refractivity contribution is 0.247. The first-order chi connectivity index (χ1) is 4.13. The second kappa shape index (κ2) is 4.14. The Bertz CT molecular complexity index is 99.7. The predicted molar refractivity (Wildman–Crippen MR) is 40.4 cm³/mol. The molecule has 0 radical (unpaired) electrons. The van der Waals surface area contributed by atoms with Crippen LogP contribution < -0.4 is 11.1 Å². The topological polar surface area (TPSA) is 58.4 Å². The van der Waals surface area contributed by atoms with E-state index in [-0.39, 0.29) is 2.85 Å². The number of primary amides is 1. The summed E-state index contributed by atoms with van der Waals surface area (Å²) in [5.74, 6) is 0. The highest BCUT2D eigenvalue weighted by atomic mass is 16.2. The second-order valence-electron chi connectivity index (χ2n) is 2.09. The van der Waals surface area contributed by atoms with Crippen LogP contribution in [0.15, 0.2) is 0 Å². The standard InChI is InChI=1S/C5H13N3O.2H2/c1-8(2)4-3-7-5(6)9;;/h3-4H2,1-2H3,(H3,6,7,9);2*1H. The van der Waals surface area contributed by atoms with Gasteiger partial charge in [0.05, 0.1) is 0 Å². The maximum atomic E-state index is 10.1. The number of hydrogen-bond donors (Lipinski definition) is 2. The maximum absolute atomic E-state index is 10.1. The van der Waals surface area contributed by atoms with Crippen molar-refractivity contribution >= 4 is 6.03 Å². The van der Waals surface area contributed by atoms with Crippen LogP contribution in [0, 0.1) is 0 Å². The Kier molecular flexibility index (Phi) is 3.79. The fraction of sp³-hybridized carbons (Fsp3) is 0.800. The van der Waals surface area contributed by atoms with E-state index in [9.17, 15) is 4.79 Å². The highest BCUT2D eigenvalue weighted by Crippen LogP contribution is 1.68. The summed E-state index contributed by atoms with van der Waals surface area (Å²) in [6.07, 6.45) is 0. The third-order valence-corrected chi connectivity index (χ3v) is 0.858. The molecule has 0 unspecified atom stereocenters. The van der Waals surface area contributed by atoms with Gasteiger partial charge in [0.2, 0.25) is 0 Å². The number of nitrogens with two attached hydrogens (primary N) is 1. The molecular weight excluding hydrogens is 118 g/mol. The van der Waals surface area contributed by atoms with Gasteiger partial charge in [-0.15, -0.1) is 0 Å². The van der Waals surface area contributed by atoms with Crippen LogP contribution in [-0.4, -0.2) is 38.1 Å². The van der Waals surface area contributed by atoms with E-state index in [1.807, 2.05) is 19.0 Å². The Balaban J connectivity index is -0.000000320. The molecule has 4 heteroatoms. The number of urea groups is 1. The van der Waals surface area contributed by atoms with Crippen LogP contribution in [0.1, 0.15) is 2.85 Å². The Morgan fingerprint density at radius 2 is 2.33 bits per heavy atom. The number of likely N-dealkylation sites (N-methyl/N-ethyl adjacent to an activating group) is 1. The highest BCUT2D eigenvalue weighted by molar-refractivity contribution is 5.71. The molecule has 0 spiro atoms. The Morgan fingerprint density at radius 1 is 1.78 bits per heavy atom. The van der Waals surface area contributed by atoms with E-state index in [1.54, 1.807) is 0 Å². The van der Waals surface area contributed by atoms with Crippen molar-refractivity contribution in [2.45, 2.75) is 0 Å². The zero-order valence-corrected chi connectivity index (χ0v) is 5.85. The van der Waals surface area contributed by atoms with Gasteiger partial charge in [-0.05, 0) is 14.1 Å². The largest absolute Gasteiger partial charge is 0.352 e. The SMILES string of the molecule is CN(C)CCNC(N)=O.[HH].[HH]. The number of rotatable bonds is 3. The van der Waals surface area contributed by atoms with E-state index in [2.05, 4.69) is 5.32 Å². The molecule has 0 saturated carbocycles. The molecule has 0 rings (SSSR count). The number of hydrogen-bond acceptors (Lipinski definition) is 2. The molecule has 0 bridgehead atoms. The minimum absolute atomic E-state index is 0. The van der Waals surface area contributed by atoms with Gasteiger partial charge in [-0.3, -0.25) is 0 Å². The van der Waals surface area contributed by atoms with E-state index in [4.69, 9.17) is 5.73 Å². The summed E-state index contributed by atoms with van der Waals surface area (Å²) in [6, 6.07) is -0.461. The first-order valence-electron chi connectivity index (χ1n) is 2.81. The van der Waals surface area contributed by atoms with Crippen molar-refractivity contribution in [3.8, 4) is 0 Å². The van der Waals surface area contributed by atoms with E-state index in [0.29, 0.717) is 6.54 Å². The van der Waals surface area contributed by atoms with Crippen molar-refractivity contribution in [3.05, 3.63) is 0 Å². The summed E-state index contributed by atoms with van der Waals surface area (Å²) < 4.78 is 0. The lowest BCUT2D eigenvalue weighted by atomic mass is 10.6. The first-order valence-corrected chi connectivity index (χ1v) is 2.81. The lowest BCUT2D eigenvalue weighted by Gasteiger charge is -2.08. The normalized spacial score (nSPS) is 9.67. The number of nitrogens with zero attached hydrogens (tertiary/aromatic N) is 1. The predicted octanol–water partition coefficient (Wildman–Crippen LogP) is -0.292. The van der Waals surface area contributed by atoms with Gasteiger partial charge in [-0.1, -0.05) is 0 Å². The monoisotopic (exact) mass is 135 g/mol. The Labute approximate surface area is 58.0 Å². The summed E-state index contributed by atoms with van der Waals surface area (Å²) in [5.41, 5.74) is 4.81. The van der Waals surface area contributed by atoms with Crippen LogP contribution >= 0.6 is 0 Å². The number of amides is 2. The number of nitrogens with one attached hydrogen (secondary N) is 1. The van der Waals surface area contributed by atoms with Crippen molar-refractivity contribution < 1.29 is 7.65 Å². The molecule has 9 heavy (non-hydrogen) atoms. The first kappa shape index (κ1) is 8.23. The minimum Gasteiger partial charge on any atom is -0.352 e. The van der Waals surface area contributed by atoms with Crippen molar-refractivity contribution in [3.63, 3.8) is 0 Å². The molecule has 0 aromatic carbocycles. The molecule has 58 valence electrons. The molecule has 0 fully saturated rings. The lowest BCUT2D eigenvalue weighted by Crippen LogP contribution is -2.34. The highest BCUT2D eigenvalue weighted by Gasteiger charge is 1.90. The number of carbonyl (C=O) groups is 1. The second-order valence-corrected chi connectivity index (χ2v) is 2.09. The van der Waals surface area contributed by atoms with Gasteiger partial charge in [0.25, 0.3) is 0 Å². The van der Waals surface area contributed by atoms with Gasteiger partial charge in [0, 0.05) is 15.9 Å². The molecule has 3 N–H and O–H groups in total. The van der Waals surface area contributed by atoms with Crippen LogP contribution in [0.5, 0.6) is 0 Å². The molecule has 0 saturated heterocycles. The van der Waals surface area contributed by atoms with E-state index >= 15 is 0 Å². The third kappa shape index (κ3) is 7.23. The molecule has 0 aliphatic heterocycles.